The highest BCUT2D eigenvalue weighted by Crippen LogP contribution is 2.16. The van der Waals surface area contributed by atoms with Crippen LogP contribution in [0.15, 0.2) is 81.4 Å². The molecule has 0 aliphatic rings. The summed E-state index contributed by atoms with van der Waals surface area (Å²) < 4.78 is 9.37. The molecule has 10 nitrogen and oxygen atoms in total. The molecule has 0 aromatic heterocycles. The summed E-state index contributed by atoms with van der Waals surface area (Å²) in [7, 11) is 2.69. The van der Waals surface area contributed by atoms with Crippen molar-refractivity contribution in [3.8, 4) is 0 Å². The number of likely N-dealkylation sites (N-methyl/N-ethyl adjacent to an activating group) is 2. The average molecular weight is 467 g/mol. The van der Waals surface area contributed by atoms with Gasteiger partial charge < -0.3 is 9.47 Å². The lowest BCUT2D eigenvalue weighted by Crippen LogP contribution is -2.18. The lowest BCUT2D eigenvalue weighted by atomic mass is 10.2. The Balaban J connectivity index is 1.85. The number of carbonyl (C=O) groups excluding carboxylic acids is 2. The Kier molecular flexibility index (Phi) is 10.9. The summed E-state index contributed by atoms with van der Waals surface area (Å²) in [5.41, 5.74) is 2.22. The van der Waals surface area contributed by atoms with Gasteiger partial charge in [-0.05, 0) is 62.4 Å². The topological polar surface area (TPSA) is 109 Å². The minimum atomic E-state index is -0.388. The first-order valence-corrected chi connectivity index (χ1v) is 10.9. The van der Waals surface area contributed by atoms with Gasteiger partial charge in [-0.2, -0.15) is 0 Å². The van der Waals surface area contributed by atoms with E-state index in [0.717, 1.165) is 0 Å². The van der Waals surface area contributed by atoms with Crippen molar-refractivity contribution in [2.45, 2.75) is 13.8 Å². The Morgan fingerprint density at radius 2 is 1.06 bits per heavy atom. The molecule has 2 aromatic carbocycles. The van der Waals surface area contributed by atoms with Gasteiger partial charge in [0, 0.05) is 13.1 Å². The average Bonchev–Trinajstić information content (AvgIpc) is 2.89. The van der Waals surface area contributed by atoms with Crippen LogP contribution in [-0.2, 0) is 9.47 Å². The highest BCUT2D eigenvalue weighted by Gasteiger charge is 2.05. The molecular weight excluding hydrogens is 436 g/mol. The van der Waals surface area contributed by atoms with Crippen LogP contribution in [0.25, 0.3) is 0 Å². The van der Waals surface area contributed by atoms with E-state index in [4.69, 9.17) is 0 Å². The van der Waals surface area contributed by atoms with Crippen LogP contribution in [0.2, 0.25) is 0 Å². The molecule has 2 aromatic rings. The number of hydrogen-bond donors (Lipinski definition) is 0. The number of rotatable bonds is 12. The molecule has 0 heterocycles. The van der Waals surface area contributed by atoms with E-state index >= 15 is 0 Å². The van der Waals surface area contributed by atoms with Gasteiger partial charge in [-0.3, -0.25) is 10.0 Å². The van der Waals surface area contributed by atoms with Crippen molar-refractivity contribution in [1.82, 2.24) is 10.0 Å². The predicted molar refractivity (Wildman–Crippen MR) is 128 cm³/mol. The lowest BCUT2D eigenvalue weighted by molar-refractivity contribution is 0.0592. The van der Waals surface area contributed by atoms with Crippen molar-refractivity contribution in [1.29, 1.82) is 0 Å². The van der Waals surface area contributed by atoms with Crippen molar-refractivity contribution in [3.05, 3.63) is 71.8 Å². The maximum absolute atomic E-state index is 11.5. The van der Waals surface area contributed by atoms with E-state index in [1.54, 1.807) is 48.5 Å². The third-order valence-electron chi connectivity index (χ3n) is 4.68. The minimum Gasteiger partial charge on any atom is -0.465 e. The molecule has 0 saturated carbocycles. The maximum Gasteiger partial charge on any atom is 0.337 e. The van der Waals surface area contributed by atoms with Crippen LogP contribution in [0.5, 0.6) is 0 Å². The Hall–Kier alpha value is -4.08. The number of esters is 2. The molecule has 0 fully saturated rings. The van der Waals surface area contributed by atoms with E-state index in [2.05, 4.69) is 30.1 Å². The summed E-state index contributed by atoms with van der Waals surface area (Å²) in [5.74, 6) is -0.776. The largest absolute Gasteiger partial charge is 0.465 e. The number of methoxy groups -OCH3 is 2. The van der Waals surface area contributed by atoms with Gasteiger partial charge in [0.1, 0.15) is 0 Å². The second-order valence-corrected chi connectivity index (χ2v) is 6.94. The second kappa shape index (κ2) is 14.1. The molecule has 0 aliphatic heterocycles. The zero-order valence-electron chi connectivity index (χ0n) is 19.9. The zero-order chi connectivity index (χ0) is 24.8. The van der Waals surface area contributed by atoms with Gasteiger partial charge in [0.25, 0.3) is 0 Å². The van der Waals surface area contributed by atoms with Gasteiger partial charge in [0.2, 0.25) is 0 Å². The molecule has 34 heavy (non-hydrogen) atoms. The first kappa shape index (κ1) is 26.2. The van der Waals surface area contributed by atoms with E-state index in [-0.39, 0.29) is 11.9 Å². The number of ether oxygens (including phenoxy) is 2. The van der Waals surface area contributed by atoms with Crippen molar-refractivity contribution < 1.29 is 19.1 Å². The third kappa shape index (κ3) is 8.45. The van der Waals surface area contributed by atoms with Crippen molar-refractivity contribution in [2.24, 2.45) is 20.7 Å². The molecule has 0 unspecified atom stereocenters. The zero-order valence-corrected chi connectivity index (χ0v) is 19.9. The molecule has 180 valence electrons. The van der Waals surface area contributed by atoms with Crippen LogP contribution in [0, 0.1) is 0 Å². The van der Waals surface area contributed by atoms with E-state index in [0.29, 0.717) is 48.7 Å². The van der Waals surface area contributed by atoms with Gasteiger partial charge in [0.05, 0.1) is 49.8 Å². The fourth-order valence-corrected chi connectivity index (χ4v) is 2.64. The molecule has 0 amide bonds. The van der Waals surface area contributed by atoms with Crippen LogP contribution in [0.1, 0.15) is 34.6 Å². The van der Waals surface area contributed by atoms with Crippen LogP contribution in [0.4, 0.5) is 11.4 Å². The summed E-state index contributed by atoms with van der Waals surface area (Å²) >= 11 is 0. The van der Waals surface area contributed by atoms with Gasteiger partial charge in [-0.1, -0.05) is 22.6 Å². The molecule has 0 aliphatic carbocycles. The highest BCUT2D eigenvalue weighted by atomic mass is 16.5. The van der Waals surface area contributed by atoms with Gasteiger partial charge in [-0.25, -0.2) is 9.59 Å². The number of benzene rings is 2. The third-order valence-corrected chi connectivity index (χ3v) is 4.68. The Morgan fingerprint density at radius 1 is 0.706 bits per heavy atom. The molecule has 0 bridgehead atoms. The quantitative estimate of drug-likeness (QED) is 0.185. The number of hydrogen-bond acceptors (Lipinski definition) is 8. The second-order valence-electron chi connectivity index (χ2n) is 6.94. The van der Waals surface area contributed by atoms with Crippen LogP contribution < -0.4 is 0 Å². The molecule has 0 atom stereocenters. The van der Waals surface area contributed by atoms with Gasteiger partial charge >= 0.3 is 11.9 Å². The Morgan fingerprint density at radius 3 is 1.35 bits per heavy atom. The van der Waals surface area contributed by atoms with E-state index in [1.807, 2.05) is 36.0 Å². The Bertz CT molecular complexity index is 922. The number of nitrogens with zero attached hydrogens (tertiary/aromatic N) is 6. The summed E-state index contributed by atoms with van der Waals surface area (Å²) in [6, 6.07) is 13.5. The number of carbonyl (C=O) groups is 2. The molecule has 0 saturated heterocycles. The van der Waals surface area contributed by atoms with E-state index < -0.39 is 0 Å². The molecule has 0 N–H and O–H groups in total. The molecular formula is C24H30N6O4. The molecule has 0 spiro atoms. The fourth-order valence-electron chi connectivity index (χ4n) is 2.64. The van der Waals surface area contributed by atoms with E-state index in [1.165, 1.54) is 14.2 Å². The van der Waals surface area contributed by atoms with E-state index in [9.17, 15) is 9.59 Å². The monoisotopic (exact) mass is 466 g/mol. The summed E-state index contributed by atoms with van der Waals surface area (Å²) in [6.07, 6.45) is 3.98. The van der Waals surface area contributed by atoms with Crippen molar-refractivity contribution >= 4 is 23.3 Å². The maximum atomic E-state index is 11.5. The van der Waals surface area contributed by atoms with Crippen LogP contribution in [0.3, 0.4) is 0 Å². The van der Waals surface area contributed by atoms with Crippen LogP contribution >= 0.6 is 0 Å². The van der Waals surface area contributed by atoms with Crippen molar-refractivity contribution in [3.63, 3.8) is 0 Å². The fraction of sp³-hybridized carbons (Fsp3) is 0.333. The highest BCUT2D eigenvalue weighted by molar-refractivity contribution is 5.90. The lowest BCUT2D eigenvalue weighted by Gasteiger charge is -2.14. The smallest absolute Gasteiger partial charge is 0.337 e. The van der Waals surface area contributed by atoms with Gasteiger partial charge in [0.15, 0.2) is 0 Å². The predicted octanol–water partition coefficient (Wildman–Crippen LogP) is 5.16. The van der Waals surface area contributed by atoms with Crippen molar-refractivity contribution in [2.75, 3.05) is 40.4 Å². The molecule has 2 rings (SSSR count). The molecule has 10 heteroatoms. The summed E-state index contributed by atoms with van der Waals surface area (Å²) in [5, 5.41) is 20.5. The van der Waals surface area contributed by atoms with Gasteiger partial charge in [-0.15, -0.1) is 10.2 Å². The Labute approximate surface area is 199 Å². The normalized spacial score (nSPS) is 11.3. The summed E-state index contributed by atoms with van der Waals surface area (Å²) in [4.78, 5) is 23.0. The molecule has 0 radical (unpaired) electrons. The first-order valence-electron chi connectivity index (χ1n) is 10.9. The standard InChI is InChI=1S/C24H30N6O4/c1-5-29(27-25-21-13-9-19(10-14-21)23(31)33-3)17-7-8-18-30(6-2)28-26-22-15-11-20(12-16-22)24(32)34-4/h7-16H,5-6,17-18H2,1-4H3/b8-7+,27-25?,28-26?. The van der Waals surface area contributed by atoms with Crippen LogP contribution in [-0.4, -0.2) is 62.4 Å². The summed E-state index contributed by atoms with van der Waals surface area (Å²) in [6.45, 7) is 6.53. The SMILES string of the molecule is CCN(C/C=C/CN(CC)N=Nc1ccc(C(=O)OC)cc1)N=Nc1ccc(C(=O)OC)cc1. The first-order chi connectivity index (χ1) is 16.5. The minimum absolute atomic E-state index is 0.388.